The highest BCUT2D eigenvalue weighted by atomic mass is 32.2. The van der Waals surface area contributed by atoms with E-state index >= 15 is 0 Å². The zero-order valence-electron chi connectivity index (χ0n) is 13.6. The molecule has 24 heavy (non-hydrogen) atoms. The number of rotatable bonds is 4. The molecule has 0 aliphatic heterocycles. The van der Waals surface area contributed by atoms with Gasteiger partial charge in [-0.2, -0.15) is 0 Å². The number of nitrogens with zero attached hydrogens (tertiary/aromatic N) is 1. The second kappa shape index (κ2) is 7.32. The van der Waals surface area contributed by atoms with E-state index in [0.717, 1.165) is 26.9 Å². The SMILES string of the molecule is Cc1ccc(C(=O)Nc2ccccc2Sc2ccccc2)c(C)n1. The van der Waals surface area contributed by atoms with Gasteiger partial charge in [0.1, 0.15) is 0 Å². The molecule has 1 amide bonds. The van der Waals surface area contributed by atoms with E-state index in [9.17, 15) is 4.79 Å². The molecule has 0 saturated carbocycles. The molecule has 0 fully saturated rings. The summed E-state index contributed by atoms with van der Waals surface area (Å²) in [7, 11) is 0. The number of pyridine rings is 1. The Hall–Kier alpha value is -2.59. The van der Waals surface area contributed by atoms with Crippen LogP contribution in [0.3, 0.4) is 0 Å². The van der Waals surface area contributed by atoms with Gasteiger partial charge in [-0.1, -0.05) is 42.1 Å². The Kier molecular flexibility index (Phi) is 4.96. The Morgan fingerprint density at radius 2 is 1.62 bits per heavy atom. The Morgan fingerprint density at radius 3 is 2.38 bits per heavy atom. The van der Waals surface area contributed by atoms with Gasteiger partial charge in [-0.05, 0) is 50.2 Å². The van der Waals surface area contributed by atoms with Crippen molar-refractivity contribution in [3.8, 4) is 0 Å². The number of nitrogens with one attached hydrogen (secondary N) is 1. The van der Waals surface area contributed by atoms with Crippen molar-refractivity contribution in [3.63, 3.8) is 0 Å². The fraction of sp³-hybridized carbons (Fsp3) is 0.100. The maximum atomic E-state index is 12.6. The number of hydrogen-bond acceptors (Lipinski definition) is 3. The minimum Gasteiger partial charge on any atom is -0.321 e. The van der Waals surface area contributed by atoms with E-state index in [4.69, 9.17) is 0 Å². The summed E-state index contributed by atoms with van der Waals surface area (Å²) in [5, 5.41) is 3.01. The molecule has 4 heteroatoms. The van der Waals surface area contributed by atoms with Gasteiger partial charge in [0.15, 0.2) is 0 Å². The zero-order valence-corrected chi connectivity index (χ0v) is 14.4. The van der Waals surface area contributed by atoms with E-state index in [2.05, 4.69) is 22.4 Å². The van der Waals surface area contributed by atoms with Crippen LogP contribution in [0.1, 0.15) is 21.7 Å². The number of carbonyl (C=O) groups excluding carboxylic acids is 1. The maximum absolute atomic E-state index is 12.6. The summed E-state index contributed by atoms with van der Waals surface area (Å²) >= 11 is 1.63. The first-order valence-corrected chi connectivity index (χ1v) is 8.52. The van der Waals surface area contributed by atoms with Crippen LogP contribution in [0.15, 0.2) is 76.5 Å². The van der Waals surface area contributed by atoms with Crippen molar-refractivity contribution in [2.75, 3.05) is 5.32 Å². The third kappa shape index (κ3) is 3.84. The minimum absolute atomic E-state index is 0.138. The van der Waals surface area contributed by atoms with Gasteiger partial charge in [-0.3, -0.25) is 9.78 Å². The van der Waals surface area contributed by atoms with Crippen molar-refractivity contribution in [2.45, 2.75) is 23.6 Å². The maximum Gasteiger partial charge on any atom is 0.257 e. The molecule has 1 aromatic heterocycles. The molecule has 120 valence electrons. The van der Waals surface area contributed by atoms with Gasteiger partial charge < -0.3 is 5.32 Å². The first-order chi connectivity index (χ1) is 11.6. The van der Waals surface area contributed by atoms with E-state index < -0.39 is 0 Å². The molecule has 1 N–H and O–H groups in total. The predicted octanol–water partition coefficient (Wildman–Crippen LogP) is 5.10. The highest BCUT2D eigenvalue weighted by molar-refractivity contribution is 7.99. The van der Waals surface area contributed by atoms with Gasteiger partial charge in [0.2, 0.25) is 0 Å². The van der Waals surface area contributed by atoms with E-state index in [-0.39, 0.29) is 5.91 Å². The Balaban J connectivity index is 1.84. The molecule has 0 unspecified atom stereocenters. The lowest BCUT2D eigenvalue weighted by atomic mass is 10.1. The summed E-state index contributed by atoms with van der Waals surface area (Å²) in [6.45, 7) is 3.77. The third-order valence-corrected chi connectivity index (χ3v) is 4.66. The number of amides is 1. The van der Waals surface area contributed by atoms with Crippen LogP contribution >= 0.6 is 11.8 Å². The largest absolute Gasteiger partial charge is 0.321 e. The molecule has 0 radical (unpaired) electrons. The molecule has 0 saturated heterocycles. The molecule has 1 heterocycles. The third-order valence-electron chi connectivity index (χ3n) is 3.58. The lowest BCUT2D eigenvalue weighted by Gasteiger charge is -2.12. The number of hydrogen-bond donors (Lipinski definition) is 1. The Bertz CT molecular complexity index is 863. The molecule has 2 aromatic carbocycles. The number of para-hydroxylation sites is 1. The first kappa shape index (κ1) is 16.3. The molecular weight excluding hydrogens is 316 g/mol. The average Bonchev–Trinajstić information content (AvgIpc) is 2.57. The fourth-order valence-electron chi connectivity index (χ4n) is 2.39. The Morgan fingerprint density at radius 1 is 0.917 bits per heavy atom. The molecule has 0 spiro atoms. The summed E-state index contributed by atoms with van der Waals surface area (Å²) in [6, 6.07) is 21.6. The number of benzene rings is 2. The van der Waals surface area contributed by atoms with Crippen molar-refractivity contribution in [1.82, 2.24) is 4.98 Å². The molecular formula is C20H18N2OS. The lowest BCUT2D eigenvalue weighted by molar-refractivity contribution is 0.102. The number of aromatic nitrogens is 1. The van der Waals surface area contributed by atoms with Crippen molar-refractivity contribution >= 4 is 23.4 Å². The van der Waals surface area contributed by atoms with Crippen LogP contribution in [0, 0.1) is 13.8 Å². The summed E-state index contributed by atoms with van der Waals surface area (Å²) in [5.41, 5.74) is 3.04. The fourth-order valence-corrected chi connectivity index (χ4v) is 3.31. The molecule has 3 rings (SSSR count). The highest BCUT2D eigenvalue weighted by Crippen LogP contribution is 2.33. The molecule has 3 aromatic rings. The van der Waals surface area contributed by atoms with Crippen LogP contribution in [0.25, 0.3) is 0 Å². The minimum atomic E-state index is -0.138. The van der Waals surface area contributed by atoms with Crippen LogP contribution in [-0.2, 0) is 0 Å². The quantitative estimate of drug-likeness (QED) is 0.721. The number of aryl methyl sites for hydroxylation is 2. The first-order valence-electron chi connectivity index (χ1n) is 7.71. The smallest absolute Gasteiger partial charge is 0.257 e. The lowest BCUT2D eigenvalue weighted by Crippen LogP contribution is -2.14. The number of anilines is 1. The van der Waals surface area contributed by atoms with Crippen LogP contribution < -0.4 is 5.32 Å². The summed E-state index contributed by atoms with van der Waals surface area (Å²) in [6.07, 6.45) is 0. The van der Waals surface area contributed by atoms with Crippen molar-refractivity contribution < 1.29 is 4.79 Å². The van der Waals surface area contributed by atoms with Gasteiger partial charge in [-0.15, -0.1) is 0 Å². The van der Waals surface area contributed by atoms with Crippen LogP contribution in [0.4, 0.5) is 5.69 Å². The van der Waals surface area contributed by atoms with Gasteiger partial charge in [0.25, 0.3) is 5.91 Å². The van der Waals surface area contributed by atoms with E-state index in [1.807, 2.05) is 68.4 Å². The molecule has 0 atom stereocenters. The number of carbonyl (C=O) groups is 1. The standard InChI is InChI=1S/C20H18N2OS/c1-14-12-13-17(15(2)21-14)20(23)22-18-10-6-7-11-19(18)24-16-8-4-3-5-9-16/h3-13H,1-2H3,(H,22,23). The zero-order chi connectivity index (χ0) is 16.9. The second-order valence-electron chi connectivity index (χ2n) is 5.45. The Labute approximate surface area is 146 Å². The van der Waals surface area contributed by atoms with Crippen molar-refractivity contribution in [2.24, 2.45) is 0 Å². The van der Waals surface area contributed by atoms with Gasteiger partial charge in [-0.25, -0.2) is 0 Å². The molecule has 0 aliphatic carbocycles. The van der Waals surface area contributed by atoms with Crippen molar-refractivity contribution in [1.29, 1.82) is 0 Å². The highest BCUT2D eigenvalue weighted by Gasteiger charge is 2.12. The molecule has 0 aliphatic rings. The van der Waals surface area contributed by atoms with Crippen LogP contribution in [0.2, 0.25) is 0 Å². The van der Waals surface area contributed by atoms with E-state index in [1.165, 1.54) is 0 Å². The van der Waals surface area contributed by atoms with E-state index in [0.29, 0.717) is 5.56 Å². The topological polar surface area (TPSA) is 42.0 Å². The van der Waals surface area contributed by atoms with Gasteiger partial charge in [0.05, 0.1) is 16.9 Å². The van der Waals surface area contributed by atoms with E-state index in [1.54, 1.807) is 11.8 Å². The summed E-state index contributed by atoms with van der Waals surface area (Å²) < 4.78 is 0. The summed E-state index contributed by atoms with van der Waals surface area (Å²) in [5.74, 6) is -0.138. The average molecular weight is 334 g/mol. The normalized spacial score (nSPS) is 10.4. The van der Waals surface area contributed by atoms with Crippen LogP contribution in [0.5, 0.6) is 0 Å². The predicted molar refractivity (Wildman–Crippen MR) is 98.7 cm³/mol. The van der Waals surface area contributed by atoms with Gasteiger partial charge >= 0.3 is 0 Å². The molecule has 0 bridgehead atoms. The van der Waals surface area contributed by atoms with Crippen LogP contribution in [-0.4, -0.2) is 10.9 Å². The summed E-state index contributed by atoms with van der Waals surface area (Å²) in [4.78, 5) is 19.1. The van der Waals surface area contributed by atoms with Crippen molar-refractivity contribution in [3.05, 3.63) is 83.7 Å². The van der Waals surface area contributed by atoms with Gasteiger partial charge in [0, 0.05) is 15.5 Å². The second-order valence-corrected chi connectivity index (χ2v) is 6.57. The monoisotopic (exact) mass is 334 g/mol. The molecule has 3 nitrogen and oxygen atoms in total.